The van der Waals surface area contributed by atoms with Gasteiger partial charge in [0.1, 0.15) is 5.54 Å². The summed E-state index contributed by atoms with van der Waals surface area (Å²) in [4.78, 5) is 2.56. The van der Waals surface area contributed by atoms with Crippen LogP contribution in [0.2, 0.25) is 0 Å². The van der Waals surface area contributed by atoms with E-state index in [2.05, 4.69) is 30.1 Å². The van der Waals surface area contributed by atoms with Gasteiger partial charge in [0, 0.05) is 25.2 Å². The molecule has 4 heteroatoms. The minimum absolute atomic E-state index is 0.0467. The highest BCUT2D eigenvalue weighted by Gasteiger charge is 2.43. The topological polar surface area (TPSA) is 48.3 Å². The van der Waals surface area contributed by atoms with E-state index in [1.165, 1.54) is 19.3 Å². The van der Waals surface area contributed by atoms with Crippen LogP contribution in [0.1, 0.15) is 52.4 Å². The predicted molar refractivity (Wildman–Crippen MR) is 78.4 cm³/mol. The van der Waals surface area contributed by atoms with E-state index in [4.69, 9.17) is 4.74 Å². The van der Waals surface area contributed by atoms with Gasteiger partial charge in [-0.3, -0.25) is 10.2 Å². The maximum Gasteiger partial charge on any atom is 0.108 e. The zero-order valence-corrected chi connectivity index (χ0v) is 12.8. The Kier molecular flexibility index (Phi) is 3.79. The van der Waals surface area contributed by atoms with Gasteiger partial charge in [-0.15, -0.1) is 0 Å². The monoisotopic (exact) mass is 277 g/mol. The standard InChI is InChI=1S/C16H27N3O/c1-15(2)12-19(8-9-20-15)14-4-3-7-16(10-14,11-17)18-13-5-6-13/h13-14,18H,3-10,12H2,1-2H3. The number of ether oxygens (including phenoxy) is 1. The number of nitrogens with zero attached hydrogens (tertiary/aromatic N) is 2. The van der Waals surface area contributed by atoms with Crippen LogP contribution in [-0.2, 0) is 4.74 Å². The molecule has 1 aliphatic heterocycles. The van der Waals surface area contributed by atoms with E-state index in [1.54, 1.807) is 0 Å². The molecule has 0 aromatic carbocycles. The first-order valence-electron chi connectivity index (χ1n) is 8.09. The Morgan fingerprint density at radius 1 is 1.30 bits per heavy atom. The van der Waals surface area contributed by atoms with Crippen LogP contribution >= 0.6 is 0 Å². The van der Waals surface area contributed by atoms with E-state index < -0.39 is 0 Å². The molecule has 1 saturated heterocycles. The average Bonchev–Trinajstić information content (AvgIpc) is 3.22. The second-order valence-corrected chi connectivity index (χ2v) is 7.44. The molecule has 0 radical (unpaired) electrons. The zero-order chi connectivity index (χ0) is 14.2. The second-order valence-electron chi connectivity index (χ2n) is 7.44. The molecule has 2 atom stereocenters. The Bertz CT molecular complexity index is 399. The molecule has 0 aromatic rings. The third-order valence-corrected chi connectivity index (χ3v) is 4.97. The first-order valence-corrected chi connectivity index (χ1v) is 8.09. The molecule has 2 aliphatic carbocycles. The summed E-state index contributed by atoms with van der Waals surface area (Å²) in [7, 11) is 0. The van der Waals surface area contributed by atoms with E-state index in [1.807, 2.05) is 0 Å². The van der Waals surface area contributed by atoms with Gasteiger partial charge in [0.15, 0.2) is 0 Å². The Labute approximate surface area is 122 Å². The first-order chi connectivity index (χ1) is 9.52. The van der Waals surface area contributed by atoms with E-state index in [0.717, 1.165) is 39.0 Å². The van der Waals surface area contributed by atoms with Crippen LogP contribution in [0, 0.1) is 11.3 Å². The summed E-state index contributed by atoms with van der Waals surface area (Å²) in [5, 5.41) is 13.3. The van der Waals surface area contributed by atoms with Crippen LogP contribution in [0.4, 0.5) is 0 Å². The molecule has 3 aliphatic rings. The number of hydrogen-bond acceptors (Lipinski definition) is 4. The van der Waals surface area contributed by atoms with Gasteiger partial charge in [-0.1, -0.05) is 0 Å². The van der Waals surface area contributed by atoms with E-state index >= 15 is 0 Å². The van der Waals surface area contributed by atoms with Crippen LogP contribution in [0.3, 0.4) is 0 Å². The summed E-state index contributed by atoms with van der Waals surface area (Å²) in [6.45, 7) is 7.16. The van der Waals surface area contributed by atoms with Crippen molar-refractivity contribution in [2.24, 2.45) is 0 Å². The highest BCUT2D eigenvalue weighted by atomic mass is 16.5. The van der Waals surface area contributed by atoms with Crippen molar-refractivity contribution in [3.05, 3.63) is 0 Å². The van der Waals surface area contributed by atoms with Gasteiger partial charge in [0.2, 0.25) is 0 Å². The summed E-state index contributed by atoms with van der Waals surface area (Å²) in [5.41, 5.74) is -0.318. The largest absolute Gasteiger partial charge is 0.373 e. The Morgan fingerprint density at radius 2 is 2.10 bits per heavy atom. The normalized spacial score (nSPS) is 38.4. The van der Waals surface area contributed by atoms with Gasteiger partial charge >= 0.3 is 0 Å². The Balaban J connectivity index is 1.66. The van der Waals surface area contributed by atoms with Crippen molar-refractivity contribution < 1.29 is 4.74 Å². The van der Waals surface area contributed by atoms with Crippen molar-refractivity contribution in [1.29, 1.82) is 5.26 Å². The first kappa shape index (κ1) is 14.3. The summed E-state index contributed by atoms with van der Waals surface area (Å²) in [5.74, 6) is 0. The summed E-state index contributed by atoms with van der Waals surface area (Å²) >= 11 is 0. The smallest absolute Gasteiger partial charge is 0.108 e. The third-order valence-electron chi connectivity index (χ3n) is 4.97. The van der Waals surface area contributed by atoms with Gasteiger partial charge < -0.3 is 4.74 Å². The molecule has 3 rings (SSSR count). The predicted octanol–water partition coefficient (Wildman–Crippen LogP) is 2.05. The fourth-order valence-electron chi connectivity index (χ4n) is 3.81. The molecule has 0 aromatic heterocycles. The minimum Gasteiger partial charge on any atom is -0.373 e. The van der Waals surface area contributed by atoms with Crippen molar-refractivity contribution in [1.82, 2.24) is 10.2 Å². The van der Waals surface area contributed by atoms with Gasteiger partial charge in [-0.25, -0.2) is 0 Å². The Hall–Kier alpha value is -0.630. The van der Waals surface area contributed by atoms with Crippen molar-refractivity contribution in [2.75, 3.05) is 19.7 Å². The highest BCUT2D eigenvalue weighted by molar-refractivity contribution is 5.13. The molecule has 1 N–H and O–H groups in total. The number of hydrogen-bond donors (Lipinski definition) is 1. The van der Waals surface area contributed by atoms with Crippen LogP contribution in [0.15, 0.2) is 0 Å². The van der Waals surface area contributed by atoms with Crippen molar-refractivity contribution >= 4 is 0 Å². The fraction of sp³-hybridized carbons (Fsp3) is 0.938. The molecule has 2 unspecified atom stereocenters. The molecule has 0 bridgehead atoms. The van der Waals surface area contributed by atoms with Crippen LogP contribution in [-0.4, -0.2) is 47.8 Å². The quantitative estimate of drug-likeness (QED) is 0.858. The van der Waals surface area contributed by atoms with Crippen molar-refractivity contribution in [3.8, 4) is 6.07 Å². The fourth-order valence-corrected chi connectivity index (χ4v) is 3.81. The lowest BCUT2D eigenvalue weighted by Crippen LogP contribution is -2.58. The number of morpholine rings is 1. The molecule has 1 heterocycles. The molecular formula is C16H27N3O. The molecule has 20 heavy (non-hydrogen) atoms. The lowest BCUT2D eigenvalue weighted by Gasteiger charge is -2.46. The maximum atomic E-state index is 9.68. The summed E-state index contributed by atoms with van der Waals surface area (Å²) < 4.78 is 5.82. The number of rotatable bonds is 3. The van der Waals surface area contributed by atoms with Crippen molar-refractivity contribution in [3.63, 3.8) is 0 Å². The van der Waals surface area contributed by atoms with Gasteiger partial charge in [0.05, 0.1) is 18.3 Å². The molecule has 0 spiro atoms. The molecule has 4 nitrogen and oxygen atoms in total. The lowest BCUT2D eigenvalue weighted by atomic mass is 9.78. The molecule has 112 valence electrons. The van der Waals surface area contributed by atoms with Crippen molar-refractivity contribution in [2.45, 2.75) is 75.6 Å². The highest BCUT2D eigenvalue weighted by Crippen LogP contribution is 2.35. The maximum absolute atomic E-state index is 9.68. The summed E-state index contributed by atoms with van der Waals surface area (Å²) in [6.07, 6.45) is 6.89. The third kappa shape index (κ3) is 3.16. The second kappa shape index (κ2) is 5.29. The van der Waals surface area contributed by atoms with Crippen LogP contribution < -0.4 is 5.32 Å². The van der Waals surface area contributed by atoms with Gasteiger partial charge in [0.25, 0.3) is 0 Å². The number of nitriles is 1. The average molecular weight is 277 g/mol. The van der Waals surface area contributed by atoms with Gasteiger partial charge in [-0.2, -0.15) is 5.26 Å². The van der Waals surface area contributed by atoms with Crippen LogP contribution in [0.25, 0.3) is 0 Å². The summed E-state index contributed by atoms with van der Waals surface area (Å²) in [6, 6.07) is 3.76. The number of nitrogens with one attached hydrogen (secondary N) is 1. The SMILES string of the molecule is CC1(C)CN(C2CCCC(C#N)(NC3CC3)C2)CCO1. The van der Waals surface area contributed by atoms with E-state index in [9.17, 15) is 5.26 Å². The molecular weight excluding hydrogens is 250 g/mol. The lowest BCUT2D eigenvalue weighted by molar-refractivity contribution is -0.102. The minimum atomic E-state index is -0.271. The molecule has 0 amide bonds. The molecule has 2 saturated carbocycles. The van der Waals surface area contributed by atoms with Gasteiger partial charge in [-0.05, 0) is 52.4 Å². The van der Waals surface area contributed by atoms with Crippen LogP contribution in [0.5, 0.6) is 0 Å². The zero-order valence-electron chi connectivity index (χ0n) is 12.8. The van der Waals surface area contributed by atoms with E-state index in [0.29, 0.717) is 12.1 Å². The molecule has 3 fully saturated rings. The Morgan fingerprint density at radius 3 is 2.75 bits per heavy atom. The van der Waals surface area contributed by atoms with E-state index in [-0.39, 0.29) is 11.1 Å².